The van der Waals surface area contributed by atoms with E-state index in [4.69, 9.17) is 4.74 Å². The van der Waals surface area contributed by atoms with Crippen molar-refractivity contribution in [1.29, 1.82) is 0 Å². The van der Waals surface area contributed by atoms with Crippen molar-refractivity contribution in [2.24, 2.45) is 0 Å². The van der Waals surface area contributed by atoms with Gasteiger partial charge in [-0.1, -0.05) is 36.0 Å². The number of hydrogen-bond donors (Lipinski definition) is 1. The molecule has 1 aromatic heterocycles. The molecule has 0 aliphatic rings. The van der Waals surface area contributed by atoms with Gasteiger partial charge in [-0.3, -0.25) is 14.9 Å². The van der Waals surface area contributed by atoms with Crippen LogP contribution in [-0.2, 0) is 4.79 Å². The average molecular weight is 410 g/mol. The number of ether oxygens (including phenoxy) is 1. The summed E-state index contributed by atoms with van der Waals surface area (Å²) >= 11 is 1.24. The van der Waals surface area contributed by atoms with E-state index < -0.39 is 4.92 Å². The minimum absolute atomic E-state index is 0.00763. The minimum atomic E-state index is -0.455. The quantitative estimate of drug-likeness (QED) is 0.337. The zero-order chi connectivity index (χ0) is 20.6. The summed E-state index contributed by atoms with van der Waals surface area (Å²) in [5.74, 6) is 0.590. The molecule has 0 spiro atoms. The van der Waals surface area contributed by atoms with Crippen LogP contribution in [0.1, 0.15) is 6.92 Å². The molecule has 0 fully saturated rings. The van der Waals surface area contributed by atoms with E-state index in [-0.39, 0.29) is 17.3 Å². The number of aromatic nitrogens is 2. The molecule has 1 N–H and O–H groups in total. The third-order valence-electron chi connectivity index (χ3n) is 3.80. The van der Waals surface area contributed by atoms with E-state index in [1.165, 1.54) is 23.9 Å². The predicted octanol–water partition coefficient (Wildman–Crippen LogP) is 4.18. The zero-order valence-electron chi connectivity index (χ0n) is 15.6. The highest BCUT2D eigenvalue weighted by atomic mass is 32.2. The second-order valence-electron chi connectivity index (χ2n) is 5.83. The number of amides is 1. The lowest BCUT2D eigenvalue weighted by Gasteiger charge is -2.10. The summed E-state index contributed by atoms with van der Waals surface area (Å²) in [6.45, 7) is 2.39. The summed E-state index contributed by atoms with van der Waals surface area (Å²) in [6, 6.07) is 16.9. The van der Waals surface area contributed by atoms with E-state index in [1.54, 1.807) is 36.4 Å². The van der Waals surface area contributed by atoms with Crippen molar-refractivity contribution in [2.75, 3.05) is 17.7 Å². The number of non-ortho nitro benzene ring substituents is 1. The van der Waals surface area contributed by atoms with Crippen molar-refractivity contribution < 1.29 is 14.5 Å². The van der Waals surface area contributed by atoms with Gasteiger partial charge in [0.05, 0.1) is 28.7 Å². The van der Waals surface area contributed by atoms with Crippen molar-refractivity contribution >= 4 is 29.0 Å². The highest BCUT2D eigenvalue weighted by molar-refractivity contribution is 7.99. The topological polar surface area (TPSA) is 107 Å². The molecule has 3 aromatic rings. The first-order chi connectivity index (χ1) is 14.1. The van der Waals surface area contributed by atoms with Gasteiger partial charge < -0.3 is 10.1 Å². The lowest BCUT2D eigenvalue weighted by atomic mass is 10.1. The molecule has 0 unspecified atom stereocenters. The first-order valence-corrected chi connectivity index (χ1v) is 9.78. The van der Waals surface area contributed by atoms with Crippen LogP contribution in [0.3, 0.4) is 0 Å². The molecule has 3 rings (SSSR count). The maximum atomic E-state index is 12.2. The van der Waals surface area contributed by atoms with E-state index in [1.807, 2.05) is 19.1 Å². The SMILES string of the molecule is CCOc1ccccc1NC(=O)CSc1ccc(-c2cccc([N+](=O)[O-])c2)nn1. The number of rotatable bonds is 8. The summed E-state index contributed by atoms with van der Waals surface area (Å²) in [5.41, 5.74) is 1.74. The Hall–Kier alpha value is -3.46. The molecule has 9 heteroatoms. The largest absolute Gasteiger partial charge is 0.492 e. The molecule has 0 aliphatic carbocycles. The summed E-state index contributed by atoms with van der Waals surface area (Å²) in [5, 5.41) is 22.5. The summed E-state index contributed by atoms with van der Waals surface area (Å²) < 4.78 is 5.49. The fourth-order valence-corrected chi connectivity index (χ4v) is 3.12. The van der Waals surface area contributed by atoms with Crippen molar-refractivity contribution in [1.82, 2.24) is 10.2 Å². The average Bonchev–Trinajstić information content (AvgIpc) is 2.74. The number of thioether (sulfide) groups is 1. The van der Waals surface area contributed by atoms with Crippen LogP contribution < -0.4 is 10.1 Å². The van der Waals surface area contributed by atoms with E-state index in [9.17, 15) is 14.9 Å². The Kier molecular flexibility index (Phi) is 6.75. The van der Waals surface area contributed by atoms with Crippen LogP contribution in [0.25, 0.3) is 11.3 Å². The highest BCUT2D eigenvalue weighted by Gasteiger charge is 2.11. The van der Waals surface area contributed by atoms with Gasteiger partial charge in [-0.15, -0.1) is 10.2 Å². The third kappa shape index (κ3) is 5.52. The van der Waals surface area contributed by atoms with Gasteiger partial charge in [-0.25, -0.2) is 0 Å². The highest BCUT2D eigenvalue weighted by Crippen LogP contribution is 2.25. The molecule has 0 aliphatic heterocycles. The molecule has 29 heavy (non-hydrogen) atoms. The fraction of sp³-hybridized carbons (Fsp3) is 0.150. The molecule has 0 saturated carbocycles. The molecule has 0 atom stereocenters. The summed E-state index contributed by atoms with van der Waals surface area (Å²) in [7, 11) is 0. The normalized spacial score (nSPS) is 10.4. The molecular formula is C20H18N4O4S. The van der Waals surface area contributed by atoms with Gasteiger partial charge >= 0.3 is 0 Å². The maximum absolute atomic E-state index is 12.2. The van der Waals surface area contributed by atoms with Crippen molar-refractivity contribution in [3.63, 3.8) is 0 Å². The van der Waals surface area contributed by atoms with Gasteiger partial charge in [0.1, 0.15) is 10.8 Å². The number of anilines is 1. The number of nitro benzene ring substituents is 1. The van der Waals surface area contributed by atoms with Crippen LogP contribution >= 0.6 is 11.8 Å². The number of carbonyl (C=O) groups excluding carboxylic acids is 1. The van der Waals surface area contributed by atoms with E-state index in [2.05, 4.69) is 15.5 Å². The number of nitrogens with zero attached hydrogens (tertiary/aromatic N) is 3. The first kappa shape index (κ1) is 20.3. The van der Waals surface area contributed by atoms with Crippen LogP contribution in [0.5, 0.6) is 5.75 Å². The molecule has 0 bridgehead atoms. The second-order valence-corrected chi connectivity index (χ2v) is 6.83. The van der Waals surface area contributed by atoms with Gasteiger partial charge in [0.2, 0.25) is 5.91 Å². The van der Waals surface area contributed by atoms with Crippen LogP contribution in [0.4, 0.5) is 11.4 Å². The third-order valence-corrected chi connectivity index (χ3v) is 4.72. The van der Waals surface area contributed by atoms with Crippen molar-refractivity contribution in [3.8, 4) is 17.0 Å². The Labute approximate surface area is 171 Å². The van der Waals surface area contributed by atoms with Crippen molar-refractivity contribution in [2.45, 2.75) is 11.9 Å². The molecular weight excluding hydrogens is 392 g/mol. The molecule has 0 radical (unpaired) electrons. The van der Waals surface area contributed by atoms with E-state index in [0.717, 1.165) is 0 Å². The number of nitrogens with one attached hydrogen (secondary N) is 1. The number of benzene rings is 2. The van der Waals surface area contributed by atoms with Gasteiger partial charge in [0, 0.05) is 17.7 Å². The molecule has 0 saturated heterocycles. The smallest absolute Gasteiger partial charge is 0.270 e. The number of carbonyl (C=O) groups is 1. The lowest BCUT2D eigenvalue weighted by Crippen LogP contribution is -2.15. The van der Waals surface area contributed by atoms with Crippen LogP contribution in [0.2, 0.25) is 0 Å². The number of nitro groups is 1. The van der Waals surface area contributed by atoms with Crippen LogP contribution in [0, 0.1) is 10.1 Å². The summed E-state index contributed by atoms with van der Waals surface area (Å²) in [6.07, 6.45) is 0. The first-order valence-electron chi connectivity index (χ1n) is 8.80. The second kappa shape index (κ2) is 9.65. The van der Waals surface area contributed by atoms with Crippen LogP contribution in [0.15, 0.2) is 65.7 Å². The zero-order valence-corrected chi connectivity index (χ0v) is 16.4. The maximum Gasteiger partial charge on any atom is 0.270 e. The molecule has 1 heterocycles. The van der Waals surface area contributed by atoms with Gasteiger partial charge in [0.25, 0.3) is 5.69 Å². The van der Waals surface area contributed by atoms with Gasteiger partial charge in [-0.05, 0) is 31.2 Å². The predicted molar refractivity (Wildman–Crippen MR) is 111 cm³/mol. The van der Waals surface area contributed by atoms with Gasteiger partial charge in [0.15, 0.2) is 0 Å². The number of para-hydroxylation sites is 2. The fourth-order valence-electron chi connectivity index (χ4n) is 2.51. The van der Waals surface area contributed by atoms with E-state index in [0.29, 0.717) is 34.3 Å². The Morgan fingerprint density at radius 1 is 1.14 bits per heavy atom. The molecule has 2 aromatic carbocycles. The van der Waals surface area contributed by atoms with E-state index >= 15 is 0 Å². The van der Waals surface area contributed by atoms with Crippen LogP contribution in [-0.4, -0.2) is 33.4 Å². The molecule has 1 amide bonds. The Bertz CT molecular complexity index is 1010. The Morgan fingerprint density at radius 3 is 2.69 bits per heavy atom. The minimum Gasteiger partial charge on any atom is -0.492 e. The van der Waals surface area contributed by atoms with Crippen molar-refractivity contribution in [3.05, 3.63) is 70.8 Å². The molecule has 8 nitrogen and oxygen atoms in total. The number of hydrogen-bond acceptors (Lipinski definition) is 7. The molecule has 148 valence electrons. The Balaban J connectivity index is 1.60. The van der Waals surface area contributed by atoms with Gasteiger partial charge in [-0.2, -0.15) is 0 Å². The standard InChI is InChI=1S/C20H18N4O4S/c1-2-28-18-9-4-3-8-17(18)21-19(25)13-29-20-11-10-16(22-23-20)14-6-5-7-15(12-14)24(26)27/h3-12H,2,13H2,1H3,(H,21,25). The Morgan fingerprint density at radius 2 is 1.97 bits per heavy atom. The summed E-state index contributed by atoms with van der Waals surface area (Å²) in [4.78, 5) is 22.7. The monoisotopic (exact) mass is 410 g/mol. The lowest BCUT2D eigenvalue weighted by molar-refractivity contribution is -0.384.